The molecule has 0 aliphatic heterocycles. The second kappa shape index (κ2) is 7.55. The second-order valence-electron chi connectivity index (χ2n) is 4.89. The molecule has 0 aliphatic carbocycles. The molecule has 0 heterocycles. The molecule has 140 valence electrons. The van der Waals surface area contributed by atoms with Gasteiger partial charge in [0.15, 0.2) is 16.5 Å². The SMILES string of the molecule is Cc1cc(I)c(I)c(C(=O)Oc2c(F)c(F)c(S(=O)(=O)O)c(F)c2F)c1. The number of halogens is 6. The molecule has 0 aromatic heterocycles. The van der Waals surface area contributed by atoms with Crippen molar-refractivity contribution in [1.29, 1.82) is 0 Å². The first-order chi connectivity index (χ1) is 11.9. The van der Waals surface area contributed by atoms with Gasteiger partial charge in [0.25, 0.3) is 0 Å². The molecule has 0 spiro atoms. The van der Waals surface area contributed by atoms with Crippen molar-refractivity contribution in [2.24, 2.45) is 0 Å². The molecule has 0 amide bonds. The molecular formula is C14H6F4I2O5S. The molecule has 12 heteroatoms. The van der Waals surface area contributed by atoms with Crippen LogP contribution < -0.4 is 4.74 Å². The second-order valence-corrected chi connectivity index (χ2v) is 8.49. The highest BCUT2D eigenvalue weighted by atomic mass is 127. The predicted octanol–water partition coefficient (Wildman–Crippen LogP) is 4.23. The molecule has 5 nitrogen and oxygen atoms in total. The lowest BCUT2D eigenvalue weighted by Crippen LogP contribution is -2.17. The van der Waals surface area contributed by atoms with E-state index in [0.717, 1.165) is 0 Å². The van der Waals surface area contributed by atoms with Crippen molar-refractivity contribution >= 4 is 61.3 Å². The van der Waals surface area contributed by atoms with Gasteiger partial charge in [-0.25, -0.2) is 13.6 Å². The van der Waals surface area contributed by atoms with E-state index in [2.05, 4.69) is 4.74 Å². The Morgan fingerprint density at radius 1 is 1.04 bits per heavy atom. The zero-order valence-corrected chi connectivity index (χ0v) is 17.5. The van der Waals surface area contributed by atoms with Crippen LogP contribution in [0.25, 0.3) is 0 Å². The van der Waals surface area contributed by atoms with Crippen molar-refractivity contribution in [1.82, 2.24) is 0 Å². The molecule has 0 bridgehead atoms. The molecule has 26 heavy (non-hydrogen) atoms. The number of carbonyl (C=O) groups is 1. The van der Waals surface area contributed by atoms with Gasteiger partial charge in [-0.3, -0.25) is 4.55 Å². The topological polar surface area (TPSA) is 80.7 Å². The minimum Gasteiger partial charge on any atom is -0.416 e. The third-order valence-corrected chi connectivity index (χ3v) is 6.95. The molecule has 0 fully saturated rings. The molecule has 0 unspecified atom stereocenters. The van der Waals surface area contributed by atoms with E-state index >= 15 is 0 Å². The Morgan fingerprint density at radius 3 is 2.00 bits per heavy atom. The summed E-state index contributed by atoms with van der Waals surface area (Å²) in [5.74, 6) is -12.5. The maximum atomic E-state index is 13.9. The van der Waals surface area contributed by atoms with Gasteiger partial charge in [0, 0.05) is 7.14 Å². The molecule has 2 rings (SSSR count). The summed E-state index contributed by atoms with van der Waals surface area (Å²) in [6, 6.07) is 3.04. The summed E-state index contributed by atoms with van der Waals surface area (Å²) in [6.45, 7) is 1.64. The number of carbonyl (C=O) groups excluding carboxylic acids is 1. The van der Waals surface area contributed by atoms with Crippen molar-refractivity contribution < 1.29 is 40.1 Å². The summed E-state index contributed by atoms with van der Waals surface area (Å²) in [7, 11) is -5.60. The lowest BCUT2D eigenvalue weighted by molar-refractivity contribution is 0.0715. The van der Waals surface area contributed by atoms with Crippen LogP contribution in [0, 0.1) is 37.3 Å². The first-order valence-corrected chi connectivity index (χ1v) is 9.97. The molecule has 0 saturated carbocycles. The van der Waals surface area contributed by atoms with E-state index in [1.807, 2.05) is 22.6 Å². The van der Waals surface area contributed by atoms with E-state index in [0.29, 0.717) is 12.7 Å². The van der Waals surface area contributed by atoms with Gasteiger partial charge < -0.3 is 4.74 Å². The summed E-state index contributed by atoms with van der Waals surface area (Å²) in [6.07, 6.45) is 0. The number of hydrogen-bond acceptors (Lipinski definition) is 4. The van der Waals surface area contributed by atoms with Crippen molar-refractivity contribution in [3.63, 3.8) is 0 Å². The molecule has 2 aromatic carbocycles. The molecular weight excluding hydrogens is 610 g/mol. The smallest absolute Gasteiger partial charge is 0.344 e. The van der Waals surface area contributed by atoms with Crippen LogP contribution in [0.3, 0.4) is 0 Å². The van der Waals surface area contributed by atoms with Gasteiger partial charge in [0.1, 0.15) is 0 Å². The lowest BCUT2D eigenvalue weighted by Gasteiger charge is -2.12. The Bertz CT molecular complexity index is 1010. The Kier molecular flexibility index (Phi) is 6.19. The van der Waals surface area contributed by atoms with Crippen molar-refractivity contribution in [3.8, 4) is 5.75 Å². The van der Waals surface area contributed by atoms with E-state index in [9.17, 15) is 30.8 Å². The summed E-state index contributed by atoms with van der Waals surface area (Å²) in [5, 5.41) is 0. The molecule has 2 aromatic rings. The van der Waals surface area contributed by atoms with Gasteiger partial charge in [-0.1, -0.05) is 0 Å². The number of benzene rings is 2. The predicted molar refractivity (Wildman–Crippen MR) is 97.7 cm³/mol. The summed E-state index contributed by atoms with van der Waals surface area (Å²) in [5.41, 5.74) is 0.496. The maximum Gasteiger partial charge on any atom is 0.344 e. The highest BCUT2D eigenvalue weighted by molar-refractivity contribution is 14.1. The Morgan fingerprint density at radius 2 is 1.54 bits per heavy atom. The monoisotopic (exact) mass is 616 g/mol. The Labute approximate surface area is 171 Å². The number of rotatable bonds is 3. The Hall–Kier alpha value is -1.00. The van der Waals surface area contributed by atoms with Crippen molar-refractivity contribution in [2.45, 2.75) is 11.8 Å². The van der Waals surface area contributed by atoms with Crippen LogP contribution in [0.2, 0.25) is 0 Å². The van der Waals surface area contributed by atoms with E-state index in [1.165, 1.54) is 6.07 Å². The lowest BCUT2D eigenvalue weighted by atomic mass is 10.1. The fraction of sp³-hybridized carbons (Fsp3) is 0.0714. The third-order valence-electron chi connectivity index (χ3n) is 3.03. The summed E-state index contributed by atoms with van der Waals surface area (Å²) in [4.78, 5) is 9.96. The quantitative estimate of drug-likeness (QED) is 0.140. The first-order valence-electron chi connectivity index (χ1n) is 6.37. The Balaban J connectivity index is 2.60. The van der Waals surface area contributed by atoms with Crippen LogP contribution in [-0.2, 0) is 10.1 Å². The van der Waals surface area contributed by atoms with Gasteiger partial charge in [-0.2, -0.15) is 17.2 Å². The third kappa shape index (κ3) is 3.96. The fourth-order valence-corrected chi connectivity index (χ4v) is 3.87. The highest BCUT2D eigenvalue weighted by Crippen LogP contribution is 2.33. The average molecular weight is 616 g/mol. The van der Waals surface area contributed by atoms with Crippen LogP contribution in [0.5, 0.6) is 5.75 Å². The highest BCUT2D eigenvalue weighted by Gasteiger charge is 2.34. The van der Waals surface area contributed by atoms with Crippen LogP contribution in [-0.4, -0.2) is 18.9 Å². The van der Waals surface area contributed by atoms with Gasteiger partial charge in [0.05, 0.1) is 5.56 Å². The molecule has 0 radical (unpaired) electrons. The van der Waals surface area contributed by atoms with Crippen LogP contribution >= 0.6 is 45.2 Å². The maximum absolute atomic E-state index is 13.9. The van der Waals surface area contributed by atoms with Gasteiger partial charge >= 0.3 is 16.1 Å². The van der Waals surface area contributed by atoms with Crippen LogP contribution in [0.15, 0.2) is 17.0 Å². The van der Waals surface area contributed by atoms with Gasteiger partial charge in [-0.05, 0) is 69.8 Å². The zero-order chi connectivity index (χ0) is 20.0. The zero-order valence-electron chi connectivity index (χ0n) is 12.4. The van der Waals surface area contributed by atoms with Crippen LogP contribution in [0.1, 0.15) is 15.9 Å². The van der Waals surface area contributed by atoms with E-state index < -0.39 is 50.0 Å². The number of ether oxygens (including phenoxy) is 1. The molecule has 0 atom stereocenters. The minimum absolute atomic E-state index is 0.117. The number of hydrogen-bond donors (Lipinski definition) is 1. The average Bonchev–Trinajstić information content (AvgIpc) is 2.51. The van der Waals surface area contributed by atoms with Gasteiger partial charge in [0.2, 0.25) is 17.4 Å². The van der Waals surface area contributed by atoms with Crippen molar-refractivity contribution in [3.05, 3.63) is 53.7 Å². The largest absolute Gasteiger partial charge is 0.416 e. The number of esters is 1. The minimum atomic E-state index is -5.60. The molecule has 0 aliphatic rings. The fourth-order valence-electron chi connectivity index (χ4n) is 1.93. The van der Waals surface area contributed by atoms with E-state index in [1.54, 1.807) is 35.6 Å². The number of aryl methyl sites for hydroxylation is 1. The van der Waals surface area contributed by atoms with E-state index in [4.69, 9.17) is 4.55 Å². The van der Waals surface area contributed by atoms with Crippen molar-refractivity contribution in [2.75, 3.05) is 0 Å². The summed E-state index contributed by atoms with van der Waals surface area (Å²) >= 11 is 3.67. The molecule has 1 N–H and O–H groups in total. The summed E-state index contributed by atoms with van der Waals surface area (Å²) < 4.78 is 91.2. The van der Waals surface area contributed by atoms with E-state index in [-0.39, 0.29) is 5.56 Å². The first kappa shape index (κ1) is 21.3. The normalized spacial score (nSPS) is 11.5. The molecule has 0 saturated heterocycles. The van der Waals surface area contributed by atoms with Gasteiger partial charge in [-0.15, -0.1) is 0 Å². The standard InChI is InChI=1S/C14H6F4I2O5S/c1-4-2-5(11(20)6(19)3-4)14(21)25-12-7(15)9(17)13(26(22,23)24)10(18)8(12)16/h2-3H,1H3,(H,22,23,24). The van der Waals surface area contributed by atoms with Crippen LogP contribution in [0.4, 0.5) is 17.6 Å².